The highest BCUT2D eigenvalue weighted by Crippen LogP contribution is 2.52. The van der Waals surface area contributed by atoms with Gasteiger partial charge in [0.15, 0.2) is 0 Å². The standard InChI is InChI=1S/C56H41N3/c1-56(2)52-30-27-42(33-51(52)50-29-25-38-12-6-7-19-48(38)55(50)56)37-21-23-39(24-22-37)47-28-26-45(46-18-8-9-20-49(46)47)36-59-54(34-53(57)40-13-4-3-5-14-40)43-16-10-15-41(32-43)44-17-11-31-58-35-44/h3-36,57H,1-2H3/b54-34-,57-53?,59-36?. The molecule has 0 fully saturated rings. The Bertz CT molecular complexity index is 3120. The van der Waals surface area contributed by atoms with Crippen LogP contribution in [0.5, 0.6) is 0 Å². The molecular formula is C56H41N3. The smallest absolute Gasteiger partial charge is 0.0723 e. The Hall–Kier alpha value is -7.49. The molecule has 0 saturated heterocycles. The topological polar surface area (TPSA) is 49.1 Å². The van der Waals surface area contributed by atoms with E-state index in [1.54, 1.807) is 6.20 Å². The Morgan fingerprint density at radius 3 is 2.02 bits per heavy atom. The van der Waals surface area contributed by atoms with Gasteiger partial charge in [0.05, 0.1) is 11.4 Å². The van der Waals surface area contributed by atoms with Crippen molar-refractivity contribution in [2.75, 3.05) is 0 Å². The summed E-state index contributed by atoms with van der Waals surface area (Å²) in [5.74, 6) is 0. The lowest BCUT2D eigenvalue weighted by atomic mass is 9.80. The molecule has 59 heavy (non-hydrogen) atoms. The molecule has 0 atom stereocenters. The summed E-state index contributed by atoms with van der Waals surface area (Å²) in [5, 5.41) is 13.9. The molecule has 0 saturated carbocycles. The van der Waals surface area contributed by atoms with Gasteiger partial charge in [0.2, 0.25) is 0 Å². The van der Waals surface area contributed by atoms with Crippen molar-refractivity contribution in [1.82, 2.24) is 4.98 Å². The van der Waals surface area contributed by atoms with E-state index < -0.39 is 0 Å². The number of fused-ring (bicyclic) bond motifs is 6. The fourth-order valence-electron chi connectivity index (χ4n) is 8.89. The molecule has 280 valence electrons. The number of allylic oxidation sites excluding steroid dienone is 1. The molecule has 8 aromatic carbocycles. The van der Waals surface area contributed by atoms with Gasteiger partial charge < -0.3 is 5.41 Å². The van der Waals surface area contributed by atoms with Crippen molar-refractivity contribution in [3.63, 3.8) is 0 Å². The van der Waals surface area contributed by atoms with E-state index in [0.29, 0.717) is 11.4 Å². The second-order valence-electron chi connectivity index (χ2n) is 15.8. The molecule has 1 N–H and O–H groups in total. The third-order valence-corrected chi connectivity index (χ3v) is 11.9. The van der Waals surface area contributed by atoms with Gasteiger partial charge in [0.25, 0.3) is 0 Å². The third-order valence-electron chi connectivity index (χ3n) is 11.9. The largest absolute Gasteiger partial charge is 0.300 e. The van der Waals surface area contributed by atoms with Crippen molar-refractivity contribution in [1.29, 1.82) is 5.41 Å². The second kappa shape index (κ2) is 14.8. The summed E-state index contributed by atoms with van der Waals surface area (Å²) in [6.45, 7) is 4.72. The molecule has 0 radical (unpaired) electrons. The molecule has 1 aromatic heterocycles. The summed E-state index contributed by atoms with van der Waals surface area (Å²) >= 11 is 0. The minimum Gasteiger partial charge on any atom is -0.300 e. The molecule has 0 aliphatic heterocycles. The van der Waals surface area contributed by atoms with Crippen molar-refractivity contribution in [2.24, 2.45) is 4.99 Å². The van der Waals surface area contributed by atoms with Crippen LogP contribution in [0.2, 0.25) is 0 Å². The fraction of sp³-hybridized carbons (Fsp3) is 0.0536. The highest BCUT2D eigenvalue weighted by Gasteiger charge is 2.36. The van der Waals surface area contributed by atoms with Crippen molar-refractivity contribution in [3.8, 4) is 44.5 Å². The number of aromatic nitrogens is 1. The SMILES string of the molecule is CC1(C)c2ccc(-c3ccc(-c4ccc(C=N/C(=C\C(=N)c5ccccc5)c5cccc(-c6cccnc6)c5)c5ccccc45)cc3)cc2-c2ccc3ccccc3c21. The van der Waals surface area contributed by atoms with E-state index in [9.17, 15) is 0 Å². The van der Waals surface area contributed by atoms with Crippen LogP contribution in [0.4, 0.5) is 0 Å². The zero-order valence-corrected chi connectivity index (χ0v) is 33.0. The minimum atomic E-state index is -0.0692. The number of hydrogen-bond donors (Lipinski definition) is 1. The van der Waals surface area contributed by atoms with Crippen LogP contribution < -0.4 is 0 Å². The normalized spacial score (nSPS) is 13.2. The number of rotatable bonds is 8. The predicted molar refractivity (Wildman–Crippen MR) is 248 cm³/mol. The van der Waals surface area contributed by atoms with Crippen molar-refractivity contribution in [3.05, 3.63) is 228 Å². The lowest BCUT2D eigenvalue weighted by molar-refractivity contribution is 0.666. The van der Waals surface area contributed by atoms with Crippen LogP contribution in [-0.2, 0) is 5.41 Å². The second-order valence-corrected chi connectivity index (χ2v) is 15.8. The van der Waals surface area contributed by atoms with Gasteiger partial charge in [-0.25, -0.2) is 0 Å². The number of nitrogens with one attached hydrogen (secondary N) is 1. The molecule has 0 spiro atoms. The van der Waals surface area contributed by atoms with E-state index in [1.165, 1.54) is 49.7 Å². The predicted octanol–water partition coefficient (Wildman–Crippen LogP) is 14.2. The van der Waals surface area contributed by atoms with Crippen LogP contribution >= 0.6 is 0 Å². The highest BCUT2D eigenvalue weighted by atomic mass is 14.7. The Balaban J connectivity index is 0.984. The maximum Gasteiger partial charge on any atom is 0.0723 e. The van der Waals surface area contributed by atoms with Gasteiger partial charge in [0, 0.05) is 40.7 Å². The van der Waals surface area contributed by atoms with Crippen LogP contribution in [0, 0.1) is 5.41 Å². The molecule has 3 heteroatoms. The van der Waals surface area contributed by atoms with E-state index in [4.69, 9.17) is 10.4 Å². The van der Waals surface area contributed by atoms with Gasteiger partial charge in [-0.05, 0) is 101 Å². The van der Waals surface area contributed by atoms with E-state index in [-0.39, 0.29) is 5.41 Å². The summed E-state index contributed by atoms with van der Waals surface area (Å²) in [5.41, 5.74) is 16.1. The summed E-state index contributed by atoms with van der Waals surface area (Å²) < 4.78 is 0. The molecular weight excluding hydrogens is 715 g/mol. The summed E-state index contributed by atoms with van der Waals surface area (Å²) in [6.07, 6.45) is 7.44. The maximum atomic E-state index is 8.98. The van der Waals surface area contributed by atoms with Crippen LogP contribution in [0.3, 0.4) is 0 Å². The van der Waals surface area contributed by atoms with E-state index in [1.807, 2.05) is 61.0 Å². The zero-order chi connectivity index (χ0) is 39.9. The van der Waals surface area contributed by atoms with E-state index in [0.717, 1.165) is 44.2 Å². The number of hydrogen-bond acceptors (Lipinski definition) is 3. The van der Waals surface area contributed by atoms with Crippen molar-refractivity contribution < 1.29 is 0 Å². The average molecular weight is 756 g/mol. The molecule has 0 bridgehead atoms. The Morgan fingerprint density at radius 1 is 0.525 bits per heavy atom. The first-order valence-corrected chi connectivity index (χ1v) is 20.1. The van der Waals surface area contributed by atoms with Gasteiger partial charge in [-0.15, -0.1) is 0 Å². The van der Waals surface area contributed by atoms with Gasteiger partial charge in [-0.1, -0.05) is 178 Å². The molecule has 9 aromatic rings. The highest BCUT2D eigenvalue weighted by molar-refractivity contribution is 6.12. The zero-order valence-electron chi connectivity index (χ0n) is 33.0. The van der Waals surface area contributed by atoms with Crippen LogP contribution in [0.25, 0.3) is 71.7 Å². The molecule has 1 heterocycles. The van der Waals surface area contributed by atoms with E-state index in [2.05, 4.69) is 158 Å². The van der Waals surface area contributed by atoms with Gasteiger partial charge >= 0.3 is 0 Å². The summed E-state index contributed by atoms with van der Waals surface area (Å²) in [7, 11) is 0. The monoisotopic (exact) mass is 755 g/mol. The van der Waals surface area contributed by atoms with Crippen molar-refractivity contribution >= 4 is 39.2 Å². The molecule has 3 nitrogen and oxygen atoms in total. The first-order chi connectivity index (χ1) is 28.9. The number of benzene rings is 8. The number of pyridine rings is 1. The maximum absolute atomic E-state index is 8.98. The van der Waals surface area contributed by atoms with Gasteiger partial charge in [-0.2, -0.15) is 0 Å². The quantitative estimate of drug-likeness (QED) is 0.154. The summed E-state index contributed by atoms with van der Waals surface area (Å²) in [4.78, 5) is 9.43. The minimum absolute atomic E-state index is 0.0692. The molecule has 0 unspecified atom stereocenters. The first-order valence-electron chi connectivity index (χ1n) is 20.1. The Labute approximate surface area is 345 Å². The average Bonchev–Trinajstić information content (AvgIpc) is 3.53. The molecule has 1 aliphatic rings. The lowest BCUT2D eigenvalue weighted by Gasteiger charge is -2.23. The van der Waals surface area contributed by atoms with Crippen LogP contribution in [-0.4, -0.2) is 16.9 Å². The van der Waals surface area contributed by atoms with Gasteiger partial charge in [-0.3, -0.25) is 9.98 Å². The number of aliphatic imine (C=N–C) groups is 1. The molecule has 0 amide bonds. The number of nitrogens with zero attached hydrogens (tertiary/aromatic N) is 2. The van der Waals surface area contributed by atoms with Crippen LogP contribution in [0.15, 0.2) is 205 Å². The third kappa shape index (κ3) is 6.57. The Kier molecular flexibility index (Phi) is 8.99. The molecule has 1 aliphatic carbocycles. The van der Waals surface area contributed by atoms with E-state index >= 15 is 0 Å². The summed E-state index contributed by atoms with van der Waals surface area (Å²) in [6, 6.07) is 64.3. The fourth-order valence-corrected chi connectivity index (χ4v) is 8.89. The molecule has 10 rings (SSSR count). The van der Waals surface area contributed by atoms with Crippen molar-refractivity contribution in [2.45, 2.75) is 19.3 Å². The van der Waals surface area contributed by atoms with Crippen LogP contribution in [0.1, 0.15) is 41.7 Å². The lowest BCUT2D eigenvalue weighted by Crippen LogP contribution is -2.15. The first kappa shape index (κ1) is 35.9. The van der Waals surface area contributed by atoms with Gasteiger partial charge in [0.1, 0.15) is 0 Å². The Morgan fingerprint density at radius 2 is 1.20 bits per heavy atom.